The van der Waals surface area contributed by atoms with Gasteiger partial charge in [0.05, 0.1) is 22.5 Å². The van der Waals surface area contributed by atoms with Crippen molar-refractivity contribution in [1.82, 2.24) is 20.0 Å². The zero-order valence-corrected chi connectivity index (χ0v) is 18.0. The lowest BCUT2D eigenvalue weighted by Gasteiger charge is -2.27. The van der Waals surface area contributed by atoms with Crippen LogP contribution in [0.2, 0.25) is 5.02 Å². The summed E-state index contributed by atoms with van der Waals surface area (Å²) < 4.78 is 1.77. The molecule has 6 nitrogen and oxygen atoms in total. The number of hydrogen-bond acceptors (Lipinski definition) is 3. The number of rotatable bonds is 7. The molecule has 0 aliphatic heterocycles. The lowest BCUT2D eigenvalue weighted by Crippen LogP contribution is -2.50. The fourth-order valence-corrected chi connectivity index (χ4v) is 3.35. The molecule has 0 aliphatic rings. The number of aromatic nitrogens is 2. The minimum atomic E-state index is -0.664. The summed E-state index contributed by atoms with van der Waals surface area (Å²) in [5, 5.41) is 7.56. The molecule has 0 bridgehead atoms. The molecule has 0 radical (unpaired) electrons. The van der Waals surface area contributed by atoms with Crippen molar-refractivity contribution in [3.05, 3.63) is 83.1 Å². The van der Waals surface area contributed by atoms with Crippen LogP contribution in [0.1, 0.15) is 29.8 Å². The third-order valence-corrected chi connectivity index (χ3v) is 5.12. The van der Waals surface area contributed by atoms with E-state index in [9.17, 15) is 9.59 Å². The van der Waals surface area contributed by atoms with Crippen molar-refractivity contribution in [2.45, 2.75) is 26.4 Å². The maximum Gasteiger partial charge on any atom is 0.253 e. The molecule has 1 heterocycles. The molecular weight excluding hydrogens is 400 g/mol. The quantitative estimate of drug-likeness (QED) is 0.624. The van der Waals surface area contributed by atoms with Gasteiger partial charge in [-0.1, -0.05) is 55.8 Å². The predicted octanol–water partition coefficient (Wildman–Crippen LogP) is 3.94. The molecule has 3 rings (SSSR count). The highest BCUT2D eigenvalue weighted by Gasteiger charge is 2.28. The average Bonchev–Trinajstić information content (AvgIpc) is 3.20. The van der Waals surface area contributed by atoms with Crippen LogP contribution in [0.25, 0.3) is 5.69 Å². The van der Waals surface area contributed by atoms with Gasteiger partial charge in [0, 0.05) is 25.4 Å². The Kier molecular flexibility index (Phi) is 6.90. The Morgan fingerprint density at radius 3 is 2.43 bits per heavy atom. The SMILES string of the molecule is CC(C)[C@H](NC(=O)c1ccccc1Cl)C(=O)N(C)Cc1cnn(-c2ccccc2)c1. The second-order valence-corrected chi connectivity index (χ2v) is 7.91. The Hall–Kier alpha value is -3.12. The molecule has 156 valence electrons. The number of likely N-dealkylation sites (N-methyl/N-ethyl adjacent to an activating group) is 1. The smallest absolute Gasteiger partial charge is 0.253 e. The number of carbonyl (C=O) groups is 2. The lowest BCUT2D eigenvalue weighted by molar-refractivity contribution is -0.133. The fraction of sp³-hybridized carbons (Fsp3) is 0.261. The largest absolute Gasteiger partial charge is 0.340 e. The molecule has 1 N–H and O–H groups in total. The molecule has 3 aromatic rings. The molecule has 0 fully saturated rings. The third-order valence-electron chi connectivity index (χ3n) is 4.79. The Balaban J connectivity index is 1.69. The molecule has 2 aromatic carbocycles. The van der Waals surface area contributed by atoms with Gasteiger partial charge in [0.15, 0.2) is 0 Å². The molecule has 0 saturated carbocycles. The maximum atomic E-state index is 13.1. The van der Waals surface area contributed by atoms with E-state index in [1.54, 1.807) is 47.1 Å². The van der Waals surface area contributed by atoms with E-state index < -0.39 is 6.04 Å². The van der Waals surface area contributed by atoms with Crippen LogP contribution in [-0.4, -0.2) is 39.6 Å². The van der Waals surface area contributed by atoms with Crippen LogP contribution < -0.4 is 5.32 Å². The molecule has 30 heavy (non-hydrogen) atoms. The van der Waals surface area contributed by atoms with Crippen molar-refractivity contribution in [3.8, 4) is 5.69 Å². The van der Waals surface area contributed by atoms with E-state index in [0.29, 0.717) is 17.1 Å². The van der Waals surface area contributed by atoms with E-state index in [1.807, 2.05) is 50.4 Å². The molecule has 2 amide bonds. The van der Waals surface area contributed by atoms with Crippen molar-refractivity contribution in [3.63, 3.8) is 0 Å². The molecule has 1 aromatic heterocycles. The number of nitrogens with zero attached hydrogens (tertiary/aromatic N) is 3. The Labute approximate surface area is 181 Å². The van der Waals surface area contributed by atoms with Gasteiger partial charge in [0.1, 0.15) is 6.04 Å². The number of para-hydroxylation sites is 1. The number of amides is 2. The van der Waals surface area contributed by atoms with E-state index >= 15 is 0 Å². The summed E-state index contributed by atoms with van der Waals surface area (Å²) in [6, 6.07) is 15.9. The molecular formula is C23H25ClN4O2. The van der Waals surface area contributed by atoms with Crippen molar-refractivity contribution in [1.29, 1.82) is 0 Å². The topological polar surface area (TPSA) is 67.2 Å². The first kappa shape index (κ1) is 21.6. The number of halogens is 1. The van der Waals surface area contributed by atoms with Gasteiger partial charge in [0.25, 0.3) is 5.91 Å². The fourth-order valence-electron chi connectivity index (χ4n) is 3.13. The van der Waals surface area contributed by atoms with Crippen molar-refractivity contribution in [2.24, 2.45) is 5.92 Å². The normalized spacial score (nSPS) is 11.9. The molecule has 7 heteroatoms. The van der Waals surface area contributed by atoms with Crippen LogP contribution in [0.4, 0.5) is 0 Å². The second kappa shape index (κ2) is 9.59. The van der Waals surface area contributed by atoms with E-state index in [2.05, 4.69) is 10.4 Å². The summed E-state index contributed by atoms with van der Waals surface area (Å²) in [6.45, 7) is 4.18. The van der Waals surface area contributed by atoms with Crippen LogP contribution >= 0.6 is 11.6 Å². The van der Waals surface area contributed by atoms with Gasteiger partial charge in [-0.25, -0.2) is 4.68 Å². The van der Waals surface area contributed by atoms with Crippen LogP contribution in [0.5, 0.6) is 0 Å². The summed E-state index contributed by atoms with van der Waals surface area (Å²) >= 11 is 6.12. The van der Waals surface area contributed by atoms with Crippen molar-refractivity contribution < 1.29 is 9.59 Å². The lowest BCUT2D eigenvalue weighted by atomic mass is 10.0. The van der Waals surface area contributed by atoms with E-state index in [4.69, 9.17) is 11.6 Å². The van der Waals surface area contributed by atoms with Crippen LogP contribution in [-0.2, 0) is 11.3 Å². The summed E-state index contributed by atoms with van der Waals surface area (Å²) in [7, 11) is 1.72. The van der Waals surface area contributed by atoms with Gasteiger partial charge in [0.2, 0.25) is 5.91 Å². The average molecular weight is 425 g/mol. The molecule has 0 spiro atoms. The second-order valence-electron chi connectivity index (χ2n) is 7.50. The Morgan fingerprint density at radius 1 is 1.10 bits per heavy atom. The van der Waals surface area contributed by atoms with Gasteiger partial charge in [-0.2, -0.15) is 5.10 Å². The molecule has 0 saturated heterocycles. The number of hydrogen-bond donors (Lipinski definition) is 1. The first-order valence-electron chi connectivity index (χ1n) is 9.76. The highest BCUT2D eigenvalue weighted by atomic mass is 35.5. The predicted molar refractivity (Wildman–Crippen MR) is 118 cm³/mol. The summed E-state index contributed by atoms with van der Waals surface area (Å²) in [5.41, 5.74) is 2.20. The third kappa shape index (κ3) is 5.07. The van der Waals surface area contributed by atoms with Gasteiger partial charge in [-0.05, 0) is 30.2 Å². The monoisotopic (exact) mass is 424 g/mol. The molecule has 0 aliphatic carbocycles. The maximum absolute atomic E-state index is 13.1. The number of nitrogens with one attached hydrogen (secondary N) is 1. The van der Waals surface area contributed by atoms with Gasteiger partial charge < -0.3 is 10.2 Å². The highest BCUT2D eigenvalue weighted by Crippen LogP contribution is 2.16. The first-order valence-corrected chi connectivity index (χ1v) is 10.1. The number of carbonyl (C=O) groups excluding carboxylic acids is 2. The summed E-state index contributed by atoms with van der Waals surface area (Å²) in [6.07, 6.45) is 3.63. The molecule has 0 unspecified atom stereocenters. The van der Waals surface area contributed by atoms with E-state index in [1.165, 1.54) is 0 Å². The zero-order chi connectivity index (χ0) is 21.7. The van der Waals surface area contributed by atoms with Crippen LogP contribution in [0.3, 0.4) is 0 Å². The van der Waals surface area contributed by atoms with Gasteiger partial charge >= 0.3 is 0 Å². The highest BCUT2D eigenvalue weighted by molar-refractivity contribution is 6.33. The zero-order valence-electron chi connectivity index (χ0n) is 17.2. The van der Waals surface area contributed by atoms with Gasteiger partial charge in [-0.15, -0.1) is 0 Å². The Bertz CT molecular complexity index is 1020. The molecule has 1 atom stereocenters. The van der Waals surface area contributed by atoms with Crippen molar-refractivity contribution >= 4 is 23.4 Å². The minimum absolute atomic E-state index is 0.0848. The van der Waals surface area contributed by atoms with Gasteiger partial charge in [-0.3, -0.25) is 9.59 Å². The minimum Gasteiger partial charge on any atom is -0.340 e. The van der Waals surface area contributed by atoms with Crippen LogP contribution in [0, 0.1) is 5.92 Å². The summed E-state index contributed by atoms with van der Waals surface area (Å²) in [5.74, 6) is -0.616. The first-order chi connectivity index (χ1) is 14.4. The van der Waals surface area contributed by atoms with E-state index in [0.717, 1.165) is 11.3 Å². The number of benzene rings is 2. The Morgan fingerprint density at radius 2 is 1.77 bits per heavy atom. The van der Waals surface area contributed by atoms with E-state index in [-0.39, 0.29) is 17.7 Å². The van der Waals surface area contributed by atoms with Crippen molar-refractivity contribution in [2.75, 3.05) is 7.05 Å². The van der Waals surface area contributed by atoms with Crippen LogP contribution in [0.15, 0.2) is 67.0 Å². The standard InChI is InChI=1S/C23H25ClN4O2/c1-16(2)21(26-22(29)19-11-7-8-12-20(19)24)23(30)27(3)14-17-13-25-28(15-17)18-9-5-4-6-10-18/h4-13,15-16,21H,14H2,1-3H3,(H,26,29)/t21-/m0/s1. The summed E-state index contributed by atoms with van der Waals surface area (Å²) in [4.78, 5) is 27.3.